The van der Waals surface area contributed by atoms with E-state index >= 15 is 0 Å². The molecule has 1 unspecified atom stereocenters. The van der Waals surface area contributed by atoms with Crippen LogP contribution in [0.5, 0.6) is 5.75 Å². The van der Waals surface area contributed by atoms with E-state index in [1.54, 1.807) is 0 Å². The van der Waals surface area contributed by atoms with Gasteiger partial charge in [-0.1, -0.05) is 6.07 Å². The van der Waals surface area contributed by atoms with Gasteiger partial charge < -0.3 is 15.2 Å². The van der Waals surface area contributed by atoms with Crippen molar-refractivity contribution in [2.45, 2.75) is 19.0 Å². The number of halogens is 3. The number of amides is 1. The van der Waals surface area contributed by atoms with Gasteiger partial charge >= 0.3 is 6.18 Å². The van der Waals surface area contributed by atoms with Crippen LogP contribution >= 0.6 is 0 Å². The third-order valence-corrected chi connectivity index (χ3v) is 3.39. The van der Waals surface area contributed by atoms with Gasteiger partial charge in [0.05, 0.1) is 17.7 Å². The molecular weight excluding hydrogens is 287 g/mol. The zero-order valence-electron chi connectivity index (χ0n) is 11.2. The number of carbonyl (C=O) groups is 1. The van der Waals surface area contributed by atoms with Gasteiger partial charge in [-0.05, 0) is 30.9 Å². The van der Waals surface area contributed by atoms with Crippen LogP contribution in [0.4, 0.5) is 13.2 Å². The van der Waals surface area contributed by atoms with Crippen LogP contribution in [0.2, 0.25) is 0 Å². The minimum absolute atomic E-state index is 0.149. The van der Waals surface area contributed by atoms with Crippen molar-refractivity contribution in [2.75, 3.05) is 19.8 Å². The maximum Gasteiger partial charge on any atom is 0.419 e. The number of phenols is 1. The van der Waals surface area contributed by atoms with E-state index in [4.69, 9.17) is 4.74 Å². The number of aromatic hydroxyl groups is 1. The lowest BCUT2D eigenvalue weighted by molar-refractivity contribution is -0.138. The van der Waals surface area contributed by atoms with Gasteiger partial charge in [0.1, 0.15) is 5.75 Å². The van der Waals surface area contributed by atoms with Crippen LogP contribution < -0.4 is 5.32 Å². The van der Waals surface area contributed by atoms with Crippen LogP contribution in [-0.2, 0) is 10.9 Å². The maximum atomic E-state index is 12.7. The van der Waals surface area contributed by atoms with E-state index in [0.717, 1.165) is 31.0 Å². The van der Waals surface area contributed by atoms with Gasteiger partial charge in [0.15, 0.2) is 0 Å². The third-order valence-electron chi connectivity index (χ3n) is 3.39. The number of benzene rings is 1. The lowest BCUT2D eigenvalue weighted by Gasteiger charge is -2.22. The first-order valence-electron chi connectivity index (χ1n) is 6.64. The van der Waals surface area contributed by atoms with Gasteiger partial charge in [-0.15, -0.1) is 0 Å². The second kappa shape index (κ2) is 6.34. The molecule has 0 saturated carbocycles. The lowest BCUT2D eigenvalue weighted by atomic mass is 10.0. The number of carbonyl (C=O) groups excluding carboxylic acids is 1. The molecule has 0 spiro atoms. The highest BCUT2D eigenvalue weighted by Crippen LogP contribution is 2.37. The largest absolute Gasteiger partial charge is 0.506 e. The Bertz CT molecular complexity index is 511. The van der Waals surface area contributed by atoms with Crippen molar-refractivity contribution in [1.82, 2.24) is 5.32 Å². The standard InChI is InChI=1S/C14H16F3NO3/c15-14(16,17)11-5-1-4-10(12(11)19)13(20)18-7-9-3-2-6-21-8-9/h1,4-5,9,19H,2-3,6-8H2,(H,18,20). The fourth-order valence-electron chi connectivity index (χ4n) is 2.26. The number of phenolic OH excluding ortho intramolecular Hbond substituents is 1. The Hall–Kier alpha value is -1.76. The summed E-state index contributed by atoms with van der Waals surface area (Å²) in [5.74, 6) is -1.61. The van der Waals surface area contributed by atoms with Crippen molar-refractivity contribution in [3.05, 3.63) is 29.3 Å². The van der Waals surface area contributed by atoms with Gasteiger partial charge in [0.25, 0.3) is 5.91 Å². The van der Waals surface area contributed by atoms with E-state index in [1.165, 1.54) is 0 Å². The molecule has 2 N–H and O–H groups in total. The van der Waals surface area contributed by atoms with Crippen LogP contribution in [0, 0.1) is 5.92 Å². The molecule has 7 heteroatoms. The predicted molar refractivity (Wildman–Crippen MR) is 69.0 cm³/mol. The Morgan fingerprint density at radius 2 is 2.19 bits per heavy atom. The molecule has 1 saturated heterocycles. The van der Waals surface area contributed by atoms with Gasteiger partial charge in [0, 0.05) is 13.2 Å². The van der Waals surface area contributed by atoms with Gasteiger partial charge in [-0.2, -0.15) is 13.2 Å². The minimum atomic E-state index is -4.70. The van der Waals surface area contributed by atoms with Gasteiger partial charge in [0.2, 0.25) is 0 Å². The molecule has 2 rings (SSSR count). The van der Waals surface area contributed by atoms with Crippen molar-refractivity contribution in [3.63, 3.8) is 0 Å². The lowest BCUT2D eigenvalue weighted by Crippen LogP contribution is -2.33. The normalized spacial score (nSPS) is 19.3. The smallest absolute Gasteiger partial charge is 0.419 e. The second-order valence-electron chi connectivity index (χ2n) is 4.99. The maximum absolute atomic E-state index is 12.7. The van der Waals surface area contributed by atoms with E-state index in [9.17, 15) is 23.1 Å². The number of nitrogens with one attached hydrogen (secondary N) is 1. The minimum Gasteiger partial charge on any atom is -0.506 e. The first-order valence-corrected chi connectivity index (χ1v) is 6.64. The van der Waals surface area contributed by atoms with Crippen LogP contribution in [0.3, 0.4) is 0 Å². The Labute approximate surface area is 119 Å². The predicted octanol–water partition coefficient (Wildman–Crippen LogP) is 2.57. The molecule has 1 amide bonds. The first kappa shape index (κ1) is 15.6. The zero-order chi connectivity index (χ0) is 15.5. The monoisotopic (exact) mass is 303 g/mol. The Kier molecular flexibility index (Phi) is 4.72. The number of alkyl halides is 3. The molecule has 21 heavy (non-hydrogen) atoms. The molecule has 0 aromatic heterocycles. The Morgan fingerprint density at radius 3 is 2.81 bits per heavy atom. The number of hydrogen-bond acceptors (Lipinski definition) is 3. The van der Waals surface area contributed by atoms with Crippen LogP contribution in [0.1, 0.15) is 28.8 Å². The van der Waals surface area contributed by atoms with Crippen LogP contribution in [-0.4, -0.2) is 30.8 Å². The summed E-state index contributed by atoms with van der Waals surface area (Å²) >= 11 is 0. The average molecular weight is 303 g/mol. The molecule has 0 bridgehead atoms. The van der Waals surface area contributed by atoms with Crippen LogP contribution in [0.25, 0.3) is 0 Å². The van der Waals surface area contributed by atoms with Crippen LogP contribution in [0.15, 0.2) is 18.2 Å². The second-order valence-corrected chi connectivity index (χ2v) is 4.99. The molecule has 1 aromatic carbocycles. The number of hydrogen-bond donors (Lipinski definition) is 2. The molecule has 0 aliphatic carbocycles. The van der Waals surface area contributed by atoms with Crippen molar-refractivity contribution in [2.24, 2.45) is 5.92 Å². The molecular formula is C14H16F3NO3. The number of rotatable bonds is 3. The highest BCUT2D eigenvalue weighted by molar-refractivity contribution is 5.97. The first-order chi connectivity index (χ1) is 9.89. The average Bonchev–Trinajstić information content (AvgIpc) is 2.45. The third kappa shape index (κ3) is 3.87. The molecule has 116 valence electrons. The van der Waals surface area contributed by atoms with E-state index < -0.39 is 23.4 Å². The van der Waals surface area contributed by atoms with E-state index in [1.807, 2.05) is 0 Å². The number of ether oxygens (including phenoxy) is 1. The summed E-state index contributed by atoms with van der Waals surface area (Å²) < 4.78 is 43.2. The molecule has 1 fully saturated rings. The molecule has 1 heterocycles. The molecule has 4 nitrogen and oxygen atoms in total. The summed E-state index contributed by atoms with van der Waals surface area (Å²) in [5, 5.41) is 12.2. The van der Waals surface area contributed by atoms with Gasteiger partial charge in [-0.3, -0.25) is 4.79 Å². The fourth-order valence-corrected chi connectivity index (χ4v) is 2.26. The van der Waals surface area contributed by atoms with Crippen molar-refractivity contribution >= 4 is 5.91 Å². The molecule has 1 aromatic rings. The quantitative estimate of drug-likeness (QED) is 0.902. The van der Waals surface area contributed by atoms with Crippen molar-refractivity contribution in [1.29, 1.82) is 0 Å². The van der Waals surface area contributed by atoms with E-state index in [0.29, 0.717) is 19.8 Å². The van der Waals surface area contributed by atoms with Crippen molar-refractivity contribution in [3.8, 4) is 5.75 Å². The van der Waals surface area contributed by atoms with Gasteiger partial charge in [-0.25, -0.2) is 0 Å². The number of para-hydroxylation sites is 1. The molecule has 1 atom stereocenters. The summed E-state index contributed by atoms with van der Waals surface area (Å²) in [6.45, 7) is 1.53. The summed E-state index contributed by atoms with van der Waals surface area (Å²) in [6, 6.07) is 3.00. The summed E-state index contributed by atoms with van der Waals surface area (Å²) in [6.07, 6.45) is -2.90. The SMILES string of the molecule is O=C(NCC1CCCOC1)c1cccc(C(F)(F)F)c1O. The summed E-state index contributed by atoms with van der Waals surface area (Å²) in [7, 11) is 0. The topological polar surface area (TPSA) is 58.6 Å². The summed E-state index contributed by atoms with van der Waals surface area (Å²) in [4.78, 5) is 11.9. The zero-order valence-corrected chi connectivity index (χ0v) is 11.2. The summed E-state index contributed by atoms with van der Waals surface area (Å²) in [5.41, 5.74) is -1.59. The van der Waals surface area contributed by atoms with E-state index in [-0.39, 0.29) is 11.5 Å². The molecule has 0 radical (unpaired) electrons. The Morgan fingerprint density at radius 1 is 1.43 bits per heavy atom. The molecule has 1 aliphatic heterocycles. The highest BCUT2D eigenvalue weighted by Gasteiger charge is 2.35. The molecule has 1 aliphatic rings. The van der Waals surface area contributed by atoms with E-state index in [2.05, 4.69) is 5.32 Å². The van der Waals surface area contributed by atoms with Crippen molar-refractivity contribution < 1.29 is 27.8 Å². The fraction of sp³-hybridized carbons (Fsp3) is 0.500. The highest BCUT2D eigenvalue weighted by atomic mass is 19.4. The Balaban J connectivity index is 2.05.